The van der Waals surface area contributed by atoms with Crippen LogP contribution in [0.4, 0.5) is 0 Å². The van der Waals surface area contributed by atoms with E-state index in [0.29, 0.717) is 5.92 Å². The maximum absolute atomic E-state index is 5.81. The van der Waals surface area contributed by atoms with E-state index < -0.39 is 0 Å². The molecular weight excluding hydrogens is 172 g/mol. The molecule has 0 saturated carbocycles. The largest absolute Gasteiger partial charge is 0.461 e. The summed E-state index contributed by atoms with van der Waals surface area (Å²) >= 11 is 0. The topological polar surface area (TPSA) is 13.1 Å². The van der Waals surface area contributed by atoms with E-state index in [0.717, 1.165) is 17.8 Å². The highest BCUT2D eigenvalue weighted by atomic mass is 16.3. The molecule has 0 saturated heterocycles. The zero-order chi connectivity index (χ0) is 10.1. The van der Waals surface area contributed by atoms with Crippen LogP contribution in [0.1, 0.15) is 25.2 Å². The Morgan fingerprint density at radius 3 is 2.57 bits per heavy atom. The van der Waals surface area contributed by atoms with E-state index in [1.807, 2.05) is 12.1 Å². The van der Waals surface area contributed by atoms with Gasteiger partial charge in [0.05, 0.1) is 0 Å². The number of aryl methyl sites for hydroxylation is 1. The van der Waals surface area contributed by atoms with Crippen LogP contribution in [0.5, 0.6) is 0 Å². The van der Waals surface area contributed by atoms with Crippen LogP contribution in [0.15, 0.2) is 28.7 Å². The molecule has 14 heavy (non-hydrogen) atoms. The molecule has 1 heteroatoms. The Labute approximate surface area is 84.7 Å². The number of furan rings is 1. The molecule has 0 unspecified atom stereocenters. The van der Waals surface area contributed by atoms with Crippen molar-refractivity contribution in [1.29, 1.82) is 0 Å². The molecule has 1 aromatic carbocycles. The van der Waals surface area contributed by atoms with Gasteiger partial charge in [0.25, 0.3) is 0 Å². The van der Waals surface area contributed by atoms with Gasteiger partial charge in [-0.15, -0.1) is 0 Å². The van der Waals surface area contributed by atoms with Crippen LogP contribution in [-0.4, -0.2) is 0 Å². The monoisotopic (exact) mass is 188 g/mol. The average Bonchev–Trinajstić information content (AvgIpc) is 2.44. The first-order valence-electron chi connectivity index (χ1n) is 5.15. The molecule has 0 aliphatic heterocycles. The molecule has 0 spiro atoms. The predicted octanol–water partition coefficient (Wildman–Crippen LogP) is 3.94. The van der Waals surface area contributed by atoms with Crippen LogP contribution in [0.2, 0.25) is 0 Å². The first-order chi connectivity index (χ1) is 6.68. The van der Waals surface area contributed by atoms with Gasteiger partial charge < -0.3 is 4.42 Å². The lowest BCUT2D eigenvalue weighted by Gasteiger charge is -2.01. The number of hydrogen-bond acceptors (Lipinski definition) is 1. The molecule has 2 aromatic rings. The fourth-order valence-corrected chi connectivity index (χ4v) is 1.79. The average molecular weight is 188 g/mol. The standard InChI is InChI=1S/C13H16O/c1-9(2)8-13-10(3)11-6-4-5-7-12(11)14-13/h4-7,9H,8H2,1-3H3. The summed E-state index contributed by atoms with van der Waals surface area (Å²) < 4.78 is 5.81. The summed E-state index contributed by atoms with van der Waals surface area (Å²) in [5, 5.41) is 1.25. The van der Waals surface area contributed by atoms with Gasteiger partial charge in [-0.3, -0.25) is 0 Å². The molecule has 0 radical (unpaired) electrons. The van der Waals surface area contributed by atoms with Crippen LogP contribution in [0, 0.1) is 12.8 Å². The van der Waals surface area contributed by atoms with Crippen LogP contribution in [0.25, 0.3) is 11.0 Å². The maximum Gasteiger partial charge on any atom is 0.134 e. The molecular formula is C13H16O. The van der Waals surface area contributed by atoms with Crippen LogP contribution >= 0.6 is 0 Å². The molecule has 1 heterocycles. The second-order valence-electron chi connectivity index (χ2n) is 4.24. The molecule has 1 nitrogen and oxygen atoms in total. The highest BCUT2D eigenvalue weighted by Gasteiger charge is 2.10. The Balaban J connectivity index is 2.51. The molecule has 0 atom stereocenters. The molecule has 0 amide bonds. The summed E-state index contributed by atoms with van der Waals surface area (Å²) in [6.45, 7) is 6.57. The zero-order valence-corrected chi connectivity index (χ0v) is 9.00. The van der Waals surface area contributed by atoms with Crippen molar-refractivity contribution in [2.45, 2.75) is 27.2 Å². The summed E-state index contributed by atoms with van der Waals surface area (Å²) in [6.07, 6.45) is 1.03. The maximum atomic E-state index is 5.81. The van der Waals surface area contributed by atoms with Crippen molar-refractivity contribution in [3.8, 4) is 0 Å². The first-order valence-corrected chi connectivity index (χ1v) is 5.15. The summed E-state index contributed by atoms with van der Waals surface area (Å²) in [7, 11) is 0. The first kappa shape index (κ1) is 9.32. The van der Waals surface area contributed by atoms with Crippen molar-refractivity contribution in [1.82, 2.24) is 0 Å². The van der Waals surface area contributed by atoms with E-state index in [1.54, 1.807) is 0 Å². The van der Waals surface area contributed by atoms with Gasteiger partial charge in [0.2, 0.25) is 0 Å². The third kappa shape index (κ3) is 1.54. The highest BCUT2D eigenvalue weighted by molar-refractivity contribution is 5.81. The number of benzene rings is 1. The third-order valence-electron chi connectivity index (χ3n) is 2.54. The summed E-state index contributed by atoms with van der Waals surface area (Å²) in [6, 6.07) is 8.23. The third-order valence-corrected chi connectivity index (χ3v) is 2.54. The Morgan fingerprint density at radius 1 is 1.21 bits per heavy atom. The lowest BCUT2D eigenvalue weighted by Crippen LogP contribution is -1.93. The van der Waals surface area contributed by atoms with Crippen LogP contribution in [0.3, 0.4) is 0 Å². The summed E-state index contributed by atoms with van der Waals surface area (Å²) in [4.78, 5) is 0. The summed E-state index contributed by atoms with van der Waals surface area (Å²) in [5.74, 6) is 1.79. The molecule has 1 aromatic heterocycles. The SMILES string of the molecule is Cc1c(CC(C)C)oc2ccccc12. The second-order valence-corrected chi connectivity index (χ2v) is 4.24. The van der Waals surface area contributed by atoms with E-state index in [4.69, 9.17) is 4.42 Å². The Kier molecular flexibility index (Phi) is 2.32. The molecule has 0 bridgehead atoms. The fraction of sp³-hybridized carbons (Fsp3) is 0.385. The number of hydrogen-bond donors (Lipinski definition) is 0. The lowest BCUT2D eigenvalue weighted by molar-refractivity contribution is 0.496. The van der Waals surface area contributed by atoms with Gasteiger partial charge in [-0.2, -0.15) is 0 Å². The predicted molar refractivity (Wildman–Crippen MR) is 59.5 cm³/mol. The zero-order valence-electron chi connectivity index (χ0n) is 9.00. The smallest absolute Gasteiger partial charge is 0.134 e. The van der Waals surface area contributed by atoms with Crippen molar-refractivity contribution in [3.05, 3.63) is 35.6 Å². The van der Waals surface area contributed by atoms with E-state index in [9.17, 15) is 0 Å². The van der Waals surface area contributed by atoms with E-state index in [2.05, 4.69) is 32.9 Å². The molecule has 0 N–H and O–H groups in total. The van der Waals surface area contributed by atoms with Gasteiger partial charge in [0, 0.05) is 11.8 Å². The van der Waals surface area contributed by atoms with Crippen LogP contribution in [-0.2, 0) is 6.42 Å². The van der Waals surface area contributed by atoms with Gasteiger partial charge in [0.1, 0.15) is 11.3 Å². The lowest BCUT2D eigenvalue weighted by atomic mass is 10.0. The second kappa shape index (κ2) is 3.49. The Hall–Kier alpha value is -1.24. The van der Waals surface area contributed by atoms with Gasteiger partial charge >= 0.3 is 0 Å². The molecule has 2 rings (SSSR count). The van der Waals surface area contributed by atoms with Gasteiger partial charge in [-0.25, -0.2) is 0 Å². The summed E-state index contributed by atoms with van der Waals surface area (Å²) in [5.41, 5.74) is 2.31. The minimum Gasteiger partial charge on any atom is -0.461 e. The van der Waals surface area contributed by atoms with E-state index in [1.165, 1.54) is 10.9 Å². The van der Waals surface area contributed by atoms with Gasteiger partial charge in [0.15, 0.2) is 0 Å². The van der Waals surface area contributed by atoms with Crippen molar-refractivity contribution in [2.24, 2.45) is 5.92 Å². The van der Waals surface area contributed by atoms with Crippen molar-refractivity contribution in [2.75, 3.05) is 0 Å². The molecule has 0 fully saturated rings. The number of para-hydroxylation sites is 1. The van der Waals surface area contributed by atoms with Crippen molar-refractivity contribution >= 4 is 11.0 Å². The van der Waals surface area contributed by atoms with Crippen molar-refractivity contribution < 1.29 is 4.42 Å². The minimum absolute atomic E-state index is 0.647. The van der Waals surface area contributed by atoms with E-state index in [-0.39, 0.29) is 0 Å². The molecule has 0 aliphatic carbocycles. The quantitative estimate of drug-likeness (QED) is 0.695. The number of fused-ring (bicyclic) bond motifs is 1. The van der Waals surface area contributed by atoms with Crippen molar-refractivity contribution in [3.63, 3.8) is 0 Å². The normalized spacial score (nSPS) is 11.4. The van der Waals surface area contributed by atoms with E-state index >= 15 is 0 Å². The molecule has 74 valence electrons. The van der Waals surface area contributed by atoms with Gasteiger partial charge in [-0.1, -0.05) is 32.0 Å². The number of rotatable bonds is 2. The minimum atomic E-state index is 0.647. The Bertz CT molecular complexity index is 437. The molecule has 0 aliphatic rings. The Morgan fingerprint density at radius 2 is 1.93 bits per heavy atom. The van der Waals surface area contributed by atoms with Gasteiger partial charge in [-0.05, 0) is 24.5 Å². The fourth-order valence-electron chi connectivity index (χ4n) is 1.79. The van der Waals surface area contributed by atoms with Crippen LogP contribution < -0.4 is 0 Å². The highest BCUT2D eigenvalue weighted by Crippen LogP contribution is 2.26.